The van der Waals surface area contributed by atoms with Gasteiger partial charge in [-0.05, 0) is 37.1 Å². The van der Waals surface area contributed by atoms with Crippen LogP contribution in [0.4, 0.5) is 15.9 Å². The Morgan fingerprint density at radius 3 is 2.70 bits per heavy atom. The van der Waals surface area contributed by atoms with Crippen molar-refractivity contribution in [2.75, 3.05) is 22.9 Å². The minimum Gasteiger partial charge on any atom is -0.352 e. The van der Waals surface area contributed by atoms with Gasteiger partial charge in [0, 0.05) is 30.2 Å². The lowest BCUT2D eigenvalue weighted by Crippen LogP contribution is -2.33. The minimum absolute atomic E-state index is 0.383. The van der Waals surface area contributed by atoms with Crippen LogP contribution in [0.1, 0.15) is 36.9 Å². The van der Waals surface area contributed by atoms with E-state index in [1.807, 2.05) is 41.6 Å². The van der Waals surface area contributed by atoms with Gasteiger partial charge in [-0.25, -0.2) is 9.07 Å². The highest BCUT2D eigenvalue weighted by molar-refractivity contribution is 5.82. The van der Waals surface area contributed by atoms with E-state index in [1.54, 1.807) is 10.9 Å². The van der Waals surface area contributed by atoms with E-state index in [2.05, 4.69) is 31.8 Å². The van der Waals surface area contributed by atoms with E-state index in [-0.39, 0.29) is 0 Å². The first-order valence-corrected chi connectivity index (χ1v) is 10.4. The number of halogens is 1. The number of fused-ring (bicyclic) bond motifs is 1. The number of hydrogen-bond acceptors (Lipinski definition) is 6. The summed E-state index contributed by atoms with van der Waals surface area (Å²) in [5.41, 5.74) is 3.83. The van der Waals surface area contributed by atoms with E-state index in [9.17, 15) is 4.39 Å². The monoisotopic (exact) mass is 405 g/mol. The average molecular weight is 405 g/mol. The summed E-state index contributed by atoms with van der Waals surface area (Å²) in [4.78, 5) is 8.28. The molecule has 0 N–H and O–H groups in total. The van der Waals surface area contributed by atoms with Gasteiger partial charge in [0.15, 0.2) is 11.6 Å². The van der Waals surface area contributed by atoms with Crippen molar-refractivity contribution in [3.05, 3.63) is 60.7 Å². The lowest BCUT2D eigenvalue weighted by Gasteiger charge is -2.27. The Bertz CT molecular complexity index is 1030. The van der Waals surface area contributed by atoms with E-state index in [0.717, 1.165) is 54.3 Å². The number of aromatic nitrogens is 5. The van der Waals surface area contributed by atoms with Gasteiger partial charge >= 0.3 is 0 Å². The SMILES string of the molecule is C=C1c2cn(-c3ccc(N4CCCCCC(F)C4)nn3)nc2CN1c1cccnc1. The van der Waals surface area contributed by atoms with Crippen molar-refractivity contribution in [1.82, 2.24) is 25.0 Å². The molecule has 0 amide bonds. The first kappa shape index (κ1) is 18.7. The molecule has 1 unspecified atom stereocenters. The van der Waals surface area contributed by atoms with Crippen molar-refractivity contribution >= 4 is 17.2 Å². The molecule has 7 nitrogen and oxygen atoms in total. The number of rotatable bonds is 3. The van der Waals surface area contributed by atoms with Crippen LogP contribution in [0, 0.1) is 0 Å². The summed E-state index contributed by atoms with van der Waals surface area (Å²) in [5, 5.41) is 13.4. The van der Waals surface area contributed by atoms with E-state index in [4.69, 9.17) is 0 Å². The van der Waals surface area contributed by atoms with Gasteiger partial charge in [-0.2, -0.15) is 5.10 Å². The Balaban J connectivity index is 1.33. The maximum Gasteiger partial charge on any atom is 0.175 e. The third kappa shape index (κ3) is 3.53. The predicted octanol–water partition coefficient (Wildman–Crippen LogP) is 3.77. The summed E-state index contributed by atoms with van der Waals surface area (Å²) in [6.45, 7) is 6.07. The average Bonchev–Trinajstić information content (AvgIpc) is 3.31. The van der Waals surface area contributed by atoms with Crippen LogP contribution < -0.4 is 9.80 Å². The quantitative estimate of drug-likeness (QED) is 0.661. The molecule has 0 aromatic carbocycles. The summed E-state index contributed by atoms with van der Waals surface area (Å²) >= 11 is 0. The maximum atomic E-state index is 14.1. The molecule has 0 radical (unpaired) electrons. The van der Waals surface area contributed by atoms with E-state index >= 15 is 0 Å². The molecule has 0 saturated carbocycles. The molecular formula is C22H24FN7. The molecule has 5 heterocycles. The lowest BCUT2D eigenvalue weighted by molar-refractivity contribution is 0.295. The molecule has 0 bridgehead atoms. The largest absolute Gasteiger partial charge is 0.352 e. The van der Waals surface area contributed by atoms with E-state index in [0.29, 0.717) is 25.3 Å². The van der Waals surface area contributed by atoms with Gasteiger partial charge in [-0.1, -0.05) is 19.4 Å². The fourth-order valence-electron chi connectivity index (χ4n) is 4.12. The third-order valence-electron chi connectivity index (χ3n) is 5.75. The summed E-state index contributed by atoms with van der Waals surface area (Å²) in [6.07, 6.45) is 8.40. The van der Waals surface area contributed by atoms with Crippen LogP contribution in [0.2, 0.25) is 0 Å². The van der Waals surface area contributed by atoms with Crippen molar-refractivity contribution in [2.45, 2.75) is 38.4 Å². The first-order chi connectivity index (χ1) is 14.7. The number of nitrogens with zero attached hydrogens (tertiary/aromatic N) is 7. The Morgan fingerprint density at radius 2 is 1.93 bits per heavy atom. The summed E-state index contributed by atoms with van der Waals surface area (Å²) in [6, 6.07) is 7.71. The second kappa shape index (κ2) is 7.85. The number of anilines is 2. The van der Waals surface area contributed by atoms with Gasteiger partial charge in [0.1, 0.15) is 6.17 Å². The number of hydrogen-bond donors (Lipinski definition) is 0. The van der Waals surface area contributed by atoms with Crippen LogP contribution in [0.5, 0.6) is 0 Å². The van der Waals surface area contributed by atoms with Crippen LogP contribution in [0.3, 0.4) is 0 Å². The lowest BCUT2D eigenvalue weighted by atomic mass is 10.1. The molecule has 8 heteroatoms. The molecule has 2 aliphatic heterocycles. The molecule has 2 aliphatic rings. The second-order valence-corrected chi connectivity index (χ2v) is 7.82. The topological polar surface area (TPSA) is 63.0 Å². The highest BCUT2D eigenvalue weighted by atomic mass is 19.1. The summed E-state index contributed by atoms with van der Waals surface area (Å²) in [5.74, 6) is 1.35. The molecule has 0 spiro atoms. The highest BCUT2D eigenvalue weighted by Gasteiger charge is 2.27. The standard InChI is InChI=1S/C22H24FN7/c1-16-19-14-30(27-20(19)15-29(16)18-7-5-10-24-12-18)22-9-8-21(25-26-22)28-11-4-2-3-6-17(23)13-28/h5,7-10,12,14,17H,1-4,6,11,13,15H2. The molecule has 1 saturated heterocycles. The van der Waals surface area contributed by atoms with Crippen molar-refractivity contribution in [1.29, 1.82) is 0 Å². The first-order valence-electron chi connectivity index (χ1n) is 10.4. The predicted molar refractivity (Wildman–Crippen MR) is 114 cm³/mol. The zero-order chi connectivity index (χ0) is 20.5. The molecule has 3 aromatic heterocycles. The van der Waals surface area contributed by atoms with Gasteiger partial charge in [0.25, 0.3) is 0 Å². The molecule has 154 valence electrons. The van der Waals surface area contributed by atoms with Gasteiger partial charge in [-0.15, -0.1) is 10.2 Å². The zero-order valence-corrected chi connectivity index (χ0v) is 16.8. The van der Waals surface area contributed by atoms with Crippen molar-refractivity contribution in [3.63, 3.8) is 0 Å². The van der Waals surface area contributed by atoms with Crippen LogP contribution >= 0.6 is 0 Å². The fraction of sp³-hybridized carbons (Fsp3) is 0.364. The molecule has 30 heavy (non-hydrogen) atoms. The van der Waals surface area contributed by atoms with Gasteiger partial charge in [0.05, 0.1) is 30.7 Å². The smallest absolute Gasteiger partial charge is 0.175 e. The highest BCUT2D eigenvalue weighted by Crippen LogP contribution is 2.35. The Hall–Kier alpha value is -3.29. The van der Waals surface area contributed by atoms with Crippen molar-refractivity contribution in [3.8, 4) is 5.82 Å². The van der Waals surface area contributed by atoms with Gasteiger partial charge in [0.2, 0.25) is 0 Å². The third-order valence-corrected chi connectivity index (χ3v) is 5.75. The van der Waals surface area contributed by atoms with Crippen LogP contribution in [0.15, 0.2) is 49.4 Å². The van der Waals surface area contributed by atoms with E-state index in [1.165, 1.54) is 0 Å². The van der Waals surface area contributed by atoms with Crippen LogP contribution in [-0.4, -0.2) is 44.2 Å². The minimum atomic E-state index is -0.811. The van der Waals surface area contributed by atoms with Crippen LogP contribution in [0.25, 0.3) is 11.5 Å². The van der Waals surface area contributed by atoms with Crippen molar-refractivity contribution < 1.29 is 4.39 Å². The maximum absolute atomic E-state index is 14.1. The molecule has 0 aliphatic carbocycles. The Morgan fingerprint density at radius 1 is 1.07 bits per heavy atom. The summed E-state index contributed by atoms with van der Waals surface area (Å²) in [7, 11) is 0. The normalized spacial score (nSPS) is 19.5. The van der Waals surface area contributed by atoms with Crippen molar-refractivity contribution in [2.24, 2.45) is 0 Å². The zero-order valence-electron chi connectivity index (χ0n) is 16.8. The van der Waals surface area contributed by atoms with Gasteiger partial charge < -0.3 is 9.80 Å². The number of alkyl halides is 1. The van der Waals surface area contributed by atoms with Gasteiger partial charge in [-0.3, -0.25) is 4.98 Å². The molecule has 1 atom stereocenters. The summed E-state index contributed by atoms with van der Waals surface area (Å²) < 4.78 is 15.8. The molecule has 3 aromatic rings. The Labute approximate surface area is 174 Å². The van der Waals surface area contributed by atoms with E-state index < -0.39 is 6.17 Å². The number of pyridine rings is 1. The van der Waals surface area contributed by atoms with Crippen LogP contribution in [-0.2, 0) is 6.54 Å². The molecular weight excluding hydrogens is 381 g/mol. The molecule has 5 rings (SSSR count). The second-order valence-electron chi connectivity index (χ2n) is 7.82. The fourth-order valence-corrected chi connectivity index (χ4v) is 4.12. The molecule has 1 fully saturated rings. The Kier molecular flexibility index (Phi) is 4.90.